The van der Waals surface area contributed by atoms with Crippen LogP contribution in [0.25, 0.3) is 0 Å². The number of nitrogens with zero attached hydrogens (tertiary/aromatic N) is 2. The molecule has 0 spiro atoms. The number of hydrogen-bond donors (Lipinski definition) is 1. The van der Waals surface area contributed by atoms with Gasteiger partial charge in [-0.1, -0.05) is 18.6 Å². The van der Waals surface area contributed by atoms with Crippen LogP contribution in [0.5, 0.6) is 0 Å². The molecule has 1 saturated heterocycles. The lowest BCUT2D eigenvalue weighted by Crippen LogP contribution is -2.53. The second-order valence-corrected chi connectivity index (χ2v) is 6.03. The predicted molar refractivity (Wildman–Crippen MR) is 92.2 cm³/mol. The number of piperidine rings is 1. The Labute approximate surface area is 142 Å². The molecule has 1 unspecified atom stereocenters. The number of carbonyl (C=O) groups excluding carboxylic acids is 1. The van der Waals surface area contributed by atoms with Gasteiger partial charge in [0.2, 0.25) is 0 Å². The summed E-state index contributed by atoms with van der Waals surface area (Å²) in [7, 11) is 3.82. The number of ketones is 1. The highest BCUT2D eigenvalue weighted by molar-refractivity contribution is 5.87. The smallest absolute Gasteiger partial charge is 0.269 e. The van der Waals surface area contributed by atoms with Gasteiger partial charge in [0, 0.05) is 24.6 Å². The molecule has 0 aliphatic carbocycles. The Hall–Kier alpha value is -1.50. The van der Waals surface area contributed by atoms with E-state index in [1.165, 1.54) is 12.1 Å². The molecule has 7 heteroatoms. The number of nitro benzene ring substituents is 1. The SMILES string of the molecule is CN(C)C(C(=O)Cc1cccc([N+](=O)[O-])c1)[C@H]1CCCCN1.Cl. The molecule has 1 aromatic carbocycles. The summed E-state index contributed by atoms with van der Waals surface area (Å²) in [6.45, 7) is 0.944. The normalized spacial score (nSPS) is 19.0. The fourth-order valence-electron chi connectivity index (χ4n) is 3.11. The zero-order chi connectivity index (χ0) is 16.1. The van der Waals surface area contributed by atoms with E-state index in [1.54, 1.807) is 12.1 Å². The van der Waals surface area contributed by atoms with Gasteiger partial charge in [0.25, 0.3) is 5.69 Å². The largest absolute Gasteiger partial charge is 0.312 e. The number of nitrogens with one attached hydrogen (secondary N) is 1. The van der Waals surface area contributed by atoms with Gasteiger partial charge in [0.05, 0.1) is 11.0 Å². The first-order chi connectivity index (χ1) is 10.5. The van der Waals surface area contributed by atoms with Crippen LogP contribution in [0.4, 0.5) is 5.69 Å². The summed E-state index contributed by atoms with van der Waals surface area (Å²) in [6.07, 6.45) is 3.49. The number of non-ortho nitro benzene ring substituents is 1. The number of Topliss-reactive ketones (excluding diaryl/α,β-unsaturated/α-hetero) is 1. The molecule has 6 nitrogen and oxygen atoms in total. The highest BCUT2D eigenvalue weighted by atomic mass is 35.5. The molecule has 23 heavy (non-hydrogen) atoms. The highest BCUT2D eigenvalue weighted by Gasteiger charge is 2.30. The van der Waals surface area contributed by atoms with E-state index in [0.717, 1.165) is 25.8 Å². The van der Waals surface area contributed by atoms with Gasteiger partial charge in [-0.25, -0.2) is 0 Å². The molecule has 1 aliphatic rings. The zero-order valence-corrected chi connectivity index (χ0v) is 14.3. The molecule has 0 saturated carbocycles. The van der Waals surface area contributed by atoms with Crippen LogP contribution in [-0.2, 0) is 11.2 Å². The molecule has 0 bridgehead atoms. The summed E-state index contributed by atoms with van der Waals surface area (Å²) in [6, 6.07) is 6.30. The maximum Gasteiger partial charge on any atom is 0.269 e. The van der Waals surface area contributed by atoms with Crippen molar-refractivity contribution in [1.82, 2.24) is 10.2 Å². The van der Waals surface area contributed by atoms with Crippen LogP contribution >= 0.6 is 12.4 Å². The summed E-state index contributed by atoms with van der Waals surface area (Å²) in [5, 5.41) is 14.3. The Balaban J connectivity index is 0.00000264. The third-order valence-electron chi connectivity index (χ3n) is 4.12. The van der Waals surface area contributed by atoms with Gasteiger partial charge in [-0.05, 0) is 39.0 Å². The van der Waals surface area contributed by atoms with E-state index in [0.29, 0.717) is 5.56 Å². The minimum atomic E-state index is -0.430. The Kier molecular flexibility index (Phi) is 7.61. The Morgan fingerprint density at radius 3 is 2.74 bits per heavy atom. The Bertz CT molecular complexity index is 545. The summed E-state index contributed by atoms with van der Waals surface area (Å²) in [5.74, 6) is 0.102. The Morgan fingerprint density at radius 2 is 2.17 bits per heavy atom. The van der Waals surface area contributed by atoms with Crippen LogP contribution in [0.3, 0.4) is 0 Å². The Morgan fingerprint density at radius 1 is 1.43 bits per heavy atom. The number of halogens is 1. The van der Waals surface area contributed by atoms with E-state index in [9.17, 15) is 14.9 Å². The van der Waals surface area contributed by atoms with Crippen molar-refractivity contribution >= 4 is 23.9 Å². The van der Waals surface area contributed by atoms with Gasteiger partial charge < -0.3 is 5.32 Å². The first kappa shape index (κ1) is 19.5. The topological polar surface area (TPSA) is 75.5 Å². The number of hydrogen-bond acceptors (Lipinski definition) is 5. The van der Waals surface area contributed by atoms with Crippen LogP contribution in [0.2, 0.25) is 0 Å². The summed E-state index contributed by atoms with van der Waals surface area (Å²) in [4.78, 5) is 25.0. The number of benzene rings is 1. The first-order valence-corrected chi connectivity index (χ1v) is 7.65. The number of carbonyl (C=O) groups is 1. The van der Waals surface area contributed by atoms with Gasteiger partial charge in [0.1, 0.15) is 0 Å². The van der Waals surface area contributed by atoms with Gasteiger partial charge in [-0.15, -0.1) is 12.4 Å². The van der Waals surface area contributed by atoms with E-state index in [4.69, 9.17) is 0 Å². The molecule has 1 fully saturated rings. The van der Waals surface area contributed by atoms with Crippen LogP contribution in [0, 0.1) is 10.1 Å². The van der Waals surface area contributed by atoms with Crippen molar-refractivity contribution in [3.63, 3.8) is 0 Å². The van der Waals surface area contributed by atoms with Gasteiger partial charge in [0.15, 0.2) is 5.78 Å². The van der Waals surface area contributed by atoms with Crippen LogP contribution in [-0.4, -0.2) is 48.3 Å². The zero-order valence-electron chi connectivity index (χ0n) is 13.5. The highest BCUT2D eigenvalue weighted by Crippen LogP contribution is 2.18. The van der Waals surface area contributed by atoms with E-state index in [1.807, 2.05) is 19.0 Å². The standard InChI is InChI=1S/C16H23N3O3.ClH/c1-18(2)16(14-8-3-4-9-17-14)15(20)11-12-6-5-7-13(10-12)19(21)22;/h5-7,10,14,16-17H,3-4,8-9,11H2,1-2H3;1H/t14-,16?;/m1./s1. The van der Waals surface area contributed by atoms with E-state index in [-0.39, 0.29) is 42.4 Å². The first-order valence-electron chi connectivity index (χ1n) is 7.65. The number of likely N-dealkylation sites (N-methyl/N-ethyl adjacent to an activating group) is 1. The fraction of sp³-hybridized carbons (Fsp3) is 0.562. The average Bonchev–Trinajstić information content (AvgIpc) is 2.48. The van der Waals surface area contributed by atoms with Crippen molar-refractivity contribution in [2.45, 2.75) is 37.8 Å². The minimum absolute atomic E-state index is 0. The van der Waals surface area contributed by atoms with Crippen molar-refractivity contribution < 1.29 is 9.72 Å². The molecule has 1 aliphatic heterocycles. The molecule has 0 amide bonds. The molecule has 1 N–H and O–H groups in total. The van der Waals surface area contributed by atoms with Gasteiger partial charge in [-0.3, -0.25) is 19.8 Å². The van der Waals surface area contributed by atoms with Crippen molar-refractivity contribution in [3.05, 3.63) is 39.9 Å². The second-order valence-electron chi connectivity index (χ2n) is 6.03. The fourth-order valence-corrected chi connectivity index (χ4v) is 3.11. The van der Waals surface area contributed by atoms with Crippen LogP contribution < -0.4 is 5.32 Å². The molecule has 2 rings (SSSR count). The van der Waals surface area contributed by atoms with Gasteiger partial charge >= 0.3 is 0 Å². The van der Waals surface area contributed by atoms with Crippen molar-refractivity contribution in [2.75, 3.05) is 20.6 Å². The van der Waals surface area contributed by atoms with Gasteiger partial charge in [-0.2, -0.15) is 0 Å². The molecule has 1 heterocycles. The summed E-state index contributed by atoms with van der Waals surface area (Å²) >= 11 is 0. The third kappa shape index (κ3) is 5.27. The maximum absolute atomic E-state index is 12.7. The second kappa shape index (κ2) is 8.96. The lowest BCUT2D eigenvalue weighted by atomic mass is 9.91. The molecule has 0 aromatic heterocycles. The van der Waals surface area contributed by atoms with E-state index >= 15 is 0 Å². The van der Waals surface area contributed by atoms with Crippen molar-refractivity contribution in [2.24, 2.45) is 0 Å². The molecule has 0 radical (unpaired) electrons. The van der Waals surface area contributed by atoms with E-state index in [2.05, 4.69) is 5.32 Å². The van der Waals surface area contributed by atoms with Crippen molar-refractivity contribution in [3.8, 4) is 0 Å². The molecular weight excluding hydrogens is 318 g/mol. The molecular formula is C16H24ClN3O3. The molecule has 128 valence electrons. The number of rotatable bonds is 6. The third-order valence-corrected chi connectivity index (χ3v) is 4.12. The molecule has 2 atom stereocenters. The lowest BCUT2D eigenvalue weighted by molar-refractivity contribution is -0.384. The summed E-state index contributed by atoms with van der Waals surface area (Å²) < 4.78 is 0. The number of nitro groups is 1. The lowest BCUT2D eigenvalue weighted by Gasteiger charge is -2.34. The van der Waals surface area contributed by atoms with Crippen LogP contribution in [0.1, 0.15) is 24.8 Å². The van der Waals surface area contributed by atoms with Crippen LogP contribution in [0.15, 0.2) is 24.3 Å². The van der Waals surface area contributed by atoms with Crippen molar-refractivity contribution in [1.29, 1.82) is 0 Å². The minimum Gasteiger partial charge on any atom is -0.312 e. The quantitative estimate of drug-likeness (QED) is 0.634. The molecule has 1 aromatic rings. The monoisotopic (exact) mass is 341 g/mol. The maximum atomic E-state index is 12.7. The average molecular weight is 342 g/mol. The predicted octanol–water partition coefficient (Wildman–Crippen LogP) is 2.20. The van der Waals surface area contributed by atoms with E-state index < -0.39 is 4.92 Å². The summed E-state index contributed by atoms with van der Waals surface area (Å²) in [5.41, 5.74) is 0.726.